The Hall–Kier alpha value is -4.14. The molecule has 0 saturated heterocycles. The smallest absolute Gasteiger partial charge is 0.256 e. The molecule has 4 aromatic carbocycles. The minimum absolute atomic E-state index is 0.216. The molecule has 0 spiro atoms. The summed E-state index contributed by atoms with van der Waals surface area (Å²) in [5, 5.41) is 3.43. The van der Waals surface area contributed by atoms with Gasteiger partial charge >= 0.3 is 0 Å². The van der Waals surface area contributed by atoms with Crippen LogP contribution in [0.15, 0.2) is 83.8 Å². The summed E-state index contributed by atoms with van der Waals surface area (Å²) < 4.78 is 25.9. The van der Waals surface area contributed by atoms with Crippen LogP contribution in [0.1, 0.15) is 0 Å². The van der Waals surface area contributed by atoms with Crippen LogP contribution in [0.4, 0.5) is 5.69 Å². The molecular weight excluding hydrogens is 496 g/mol. The Morgan fingerprint density at radius 3 is 2.50 bits per heavy atom. The Bertz CT molecular complexity index is 1990. The number of imidazole rings is 1. The van der Waals surface area contributed by atoms with E-state index >= 15 is 0 Å². The first kappa shape index (κ1) is 22.3. The third-order valence-electron chi connectivity index (χ3n) is 6.11. The van der Waals surface area contributed by atoms with Gasteiger partial charge in [0.05, 0.1) is 27.7 Å². The lowest BCUT2D eigenvalue weighted by Crippen LogP contribution is -2.09. The zero-order chi connectivity index (χ0) is 25.0. The van der Waals surface area contributed by atoms with Gasteiger partial charge in [0.2, 0.25) is 10.0 Å². The van der Waals surface area contributed by atoms with Crippen molar-refractivity contribution in [3.63, 3.8) is 0 Å². The van der Waals surface area contributed by atoms with Gasteiger partial charge < -0.3 is 9.97 Å². The zero-order valence-corrected chi connectivity index (χ0v) is 20.5. The van der Waals surface area contributed by atoms with E-state index in [1.807, 2.05) is 54.6 Å². The number of rotatable bonds is 4. The minimum atomic E-state index is -3.41. The van der Waals surface area contributed by atoms with Gasteiger partial charge in [0.1, 0.15) is 5.82 Å². The number of pyridine rings is 1. The first-order valence-electron chi connectivity index (χ1n) is 11.1. The Morgan fingerprint density at radius 2 is 1.69 bits per heavy atom. The van der Waals surface area contributed by atoms with Crippen LogP contribution >= 0.6 is 11.6 Å². The van der Waals surface area contributed by atoms with Gasteiger partial charge in [0.25, 0.3) is 5.56 Å². The van der Waals surface area contributed by atoms with E-state index in [9.17, 15) is 13.2 Å². The topological polar surface area (TPSA) is 108 Å². The summed E-state index contributed by atoms with van der Waals surface area (Å²) in [6.07, 6.45) is 2.73. The van der Waals surface area contributed by atoms with Crippen molar-refractivity contribution in [1.82, 2.24) is 15.0 Å². The lowest BCUT2D eigenvalue weighted by atomic mass is 9.96. The number of nitrogens with one attached hydrogen (secondary N) is 3. The van der Waals surface area contributed by atoms with E-state index in [0.717, 1.165) is 44.6 Å². The molecule has 3 N–H and O–H groups in total. The summed E-state index contributed by atoms with van der Waals surface area (Å²) in [7, 11) is -3.41. The molecule has 7 nitrogen and oxygen atoms in total. The van der Waals surface area contributed by atoms with Crippen molar-refractivity contribution < 1.29 is 8.42 Å². The highest BCUT2D eigenvalue weighted by Gasteiger charge is 2.17. The first-order chi connectivity index (χ1) is 17.3. The van der Waals surface area contributed by atoms with Gasteiger partial charge in [0.15, 0.2) is 0 Å². The summed E-state index contributed by atoms with van der Waals surface area (Å²) in [5.74, 6) is 0.619. The normalized spacial score (nSPS) is 11.9. The van der Waals surface area contributed by atoms with E-state index in [-0.39, 0.29) is 5.56 Å². The molecule has 0 atom stereocenters. The second-order valence-electron chi connectivity index (χ2n) is 8.60. The number of H-pyrrole nitrogens is 2. The summed E-state index contributed by atoms with van der Waals surface area (Å²) in [5.41, 5.74) is 4.16. The maximum atomic E-state index is 13.0. The molecule has 0 aliphatic rings. The number of benzene rings is 4. The van der Waals surface area contributed by atoms with Crippen LogP contribution in [0.2, 0.25) is 5.02 Å². The molecule has 0 saturated carbocycles. The van der Waals surface area contributed by atoms with Crippen LogP contribution in [0, 0.1) is 0 Å². The van der Waals surface area contributed by atoms with Crippen LogP contribution in [0.25, 0.3) is 55.1 Å². The second kappa shape index (κ2) is 8.22. The number of hydrogen-bond donors (Lipinski definition) is 3. The minimum Gasteiger partial charge on any atom is -0.337 e. The zero-order valence-electron chi connectivity index (χ0n) is 19.0. The number of aromatic amines is 2. The number of hydrogen-bond acceptors (Lipinski definition) is 4. The van der Waals surface area contributed by atoms with Gasteiger partial charge in [-0.25, -0.2) is 13.4 Å². The first-order valence-corrected chi connectivity index (χ1v) is 13.4. The molecule has 178 valence electrons. The van der Waals surface area contributed by atoms with E-state index in [0.29, 0.717) is 27.4 Å². The largest absolute Gasteiger partial charge is 0.337 e. The maximum absolute atomic E-state index is 13.0. The third kappa shape index (κ3) is 3.80. The molecule has 0 amide bonds. The van der Waals surface area contributed by atoms with Crippen LogP contribution in [-0.4, -0.2) is 29.6 Å². The maximum Gasteiger partial charge on any atom is 0.256 e. The van der Waals surface area contributed by atoms with Gasteiger partial charge in [-0.15, -0.1) is 0 Å². The molecule has 2 aromatic heterocycles. The Balaban J connectivity index is 1.63. The molecule has 0 bridgehead atoms. The number of fused-ring (bicyclic) bond motifs is 6. The predicted molar refractivity (Wildman–Crippen MR) is 146 cm³/mol. The summed E-state index contributed by atoms with van der Waals surface area (Å²) in [6, 6.07) is 22.3. The molecule has 36 heavy (non-hydrogen) atoms. The van der Waals surface area contributed by atoms with Gasteiger partial charge in [-0.1, -0.05) is 48.0 Å². The third-order valence-corrected chi connectivity index (χ3v) is 7.04. The van der Waals surface area contributed by atoms with E-state index in [4.69, 9.17) is 16.6 Å². The van der Waals surface area contributed by atoms with Crippen molar-refractivity contribution >= 4 is 59.9 Å². The summed E-state index contributed by atoms with van der Waals surface area (Å²) in [6.45, 7) is 0. The highest BCUT2D eigenvalue weighted by atomic mass is 35.5. The highest BCUT2D eigenvalue weighted by molar-refractivity contribution is 7.92. The van der Waals surface area contributed by atoms with Crippen molar-refractivity contribution in [3.05, 3.63) is 94.4 Å². The van der Waals surface area contributed by atoms with Crippen molar-refractivity contribution in [3.8, 4) is 22.5 Å². The molecule has 9 heteroatoms. The Labute approximate surface area is 210 Å². The molecule has 0 fully saturated rings. The van der Waals surface area contributed by atoms with E-state index in [1.54, 1.807) is 24.4 Å². The van der Waals surface area contributed by atoms with E-state index in [2.05, 4.69) is 14.7 Å². The van der Waals surface area contributed by atoms with Crippen molar-refractivity contribution in [2.75, 3.05) is 11.0 Å². The fourth-order valence-corrected chi connectivity index (χ4v) is 5.39. The average Bonchev–Trinajstić information content (AvgIpc) is 3.29. The van der Waals surface area contributed by atoms with Gasteiger partial charge in [-0.3, -0.25) is 9.52 Å². The number of aromatic nitrogens is 3. The molecule has 0 radical (unpaired) electrons. The molecule has 0 aliphatic heterocycles. The molecule has 2 heterocycles. The van der Waals surface area contributed by atoms with Gasteiger partial charge in [0, 0.05) is 28.2 Å². The molecule has 0 aliphatic carbocycles. The van der Waals surface area contributed by atoms with Crippen LogP contribution in [0.3, 0.4) is 0 Å². The molecule has 6 rings (SSSR count). The van der Waals surface area contributed by atoms with Crippen molar-refractivity contribution in [2.45, 2.75) is 0 Å². The number of halogens is 1. The highest BCUT2D eigenvalue weighted by Crippen LogP contribution is 2.37. The van der Waals surface area contributed by atoms with Crippen molar-refractivity contribution in [2.24, 2.45) is 0 Å². The molecule has 0 unspecified atom stereocenters. The van der Waals surface area contributed by atoms with E-state index in [1.165, 1.54) is 0 Å². The van der Waals surface area contributed by atoms with Gasteiger partial charge in [-0.05, 0) is 52.9 Å². The molecular formula is C27H19ClN4O3S. The van der Waals surface area contributed by atoms with E-state index < -0.39 is 10.0 Å². The lowest BCUT2D eigenvalue weighted by molar-refractivity contribution is 0.607. The van der Waals surface area contributed by atoms with Crippen molar-refractivity contribution in [1.29, 1.82) is 0 Å². The number of nitrogens with zero attached hydrogens (tertiary/aromatic N) is 1. The summed E-state index contributed by atoms with van der Waals surface area (Å²) in [4.78, 5) is 24.1. The SMILES string of the molecule is CS(=O)(=O)Nc1cccc(-c2ccc3c(c2)c2c(=O)[nH]ccc2c2nc(-c4ccccc4Cl)[nH]c32)c1. The second-order valence-corrected chi connectivity index (χ2v) is 10.8. The quantitative estimate of drug-likeness (QED) is 0.254. The monoisotopic (exact) mass is 514 g/mol. The number of sulfonamides is 1. The Morgan fingerprint density at radius 1 is 0.889 bits per heavy atom. The van der Waals surface area contributed by atoms with Crippen LogP contribution in [-0.2, 0) is 10.0 Å². The predicted octanol–water partition coefficient (Wildman–Crippen LogP) is 5.92. The standard InChI is InChI=1S/C27H19ClN4O3S/c1-36(34,35)32-17-6-4-5-15(13-17)16-9-10-18-21(14-16)23-20(11-12-29-27(23)33)25-24(18)30-26(31-25)19-7-2-3-8-22(19)28/h2-14,32H,1H3,(H,29,33)(H,30,31). The fourth-order valence-electron chi connectivity index (χ4n) is 4.61. The number of anilines is 1. The van der Waals surface area contributed by atoms with Crippen LogP contribution in [0.5, 0.6) is 0 Å². The lowest BCUT2D eigenvalue weighted by Gasteiger charge is -2.10. The fraction of sp³-hybridized carbons (Fsp3) is 0.0370. The van der Waals surface area contributed by atoms with Gasteiger partial charge in [-0.2, -0.15) is 0 Å². The average molecular weight is 515 g/mol. The Kier molecular flexibility index (Phi) is 5.10. The summed E-state index contributed by atoms with van der Waals surface area (Å²) >= 11 is 6.43. The van der Waals surface area contributed by atoms with Crippen LogP contribution < -0.4 is 10.3 Å². The molecule has 6 aromatic rings.